The highest BCUT2D eigenvalue weighted by atomic mass is 79.9. The van der Waals surface area contributed by atoms with Gasteiger partial charge in [0.25, 0.3) is 11.8 Å². The van der Waals surface area contributed by atoms with Gasteiger partial charge >= 0.3 is 5.97 Å². The average Bonchev–Trinajstić information content (AvgIpc) is 2.53. The number of carbonyl (C=O) groups excluding carboxylic acids is 3. The fraction of sp³-hybridized carbons (Fsp3) is 0.438. The lowest BCUT2D eigenvalue weighted by molar-refractivity contribution is -0.148. The highest BCUT2D eigenvalue weighted by Crippen LogP contribution is 2.10. The minimum Gasteiger partial charge on any atom is -0.456 e. The summed E-state index contributed by atoms with van der Waals surface area (Å²) in [4.78, 5) is 34.8. The second kappa shape index (κ2) is 9.99. The Morgan fingerprint density at radius 2 is 1.87 bits per heavy atom. The van der Waals surface area contributed by atoms with Gasteiger partial charge in [-0.15, -0.1) is 0 Å². The number of nitrogens with one attached hydrogen (secondary N) is 2. The Balaban J connectivity index is 2.22. The van der Waals surface area contributed by atoms with Crippen molar-refractivity contribution in [2.24, 2.45) is 0 Å². The van der Waals surface area contributed by atoms with Gasteiger partial charge < -0.3 is 15.4 Å². The van der Waals surface area contributed by atoms with Crippen molar-refractivity contribution >= 4 is 33.7 Å². The van der Waals surface area contributed by atoms with E-state index in [1.54, 1.807) is 24.3 Å². The van der Waals surface area contributed by atoms with E-state index in [1.807, 2.05) is 13.8 Å². The molecule has 0 radical (unpaired) electrons. The molecule has 2 N–H and O–H groups in total. The highest BCUT2D eigenvalue weighted by molar-refractivity contribution is 9.10. The topological polar surface area (TPSA) is 84.5 Å². The van der Waals surface area contributed by atoms with Gasteiger partial charge in [-0.05, 0) is 37.6 Å². The number of hydrogen-bond donors (Lipinski definition) is 2. The second-order valence-electron chi connectivity index (χ2n) is 5.05. The summed E-state index contributed by atoms with van der Waals surface area (Å²) in [7, 11) is 0. The van der Waals surface area contributed by atoms with Gasteiger partial charge in [0, 0.05) is 22.6 Å². The average molecular weight is 385 g/mol. The molecule has 0 spiro atoms. The van der Waals surface area contributed by atoms with Gasteiger partial charge in [0.1, 0.15) is 0 Å². The number of halogens is 1. The van der Waals surface area contributed by atoms with E-state index in [0.29, 0.717) is 5.56 Å². The second-order valence-corrected chi connectivity index (χ2v) is 5.97. The Morgan fingerprint density at radius 1 is 1.22 bits per heavy atom. The molecule has 2 amide bonds. The predicted molar refractivity (Wildman–Crippen MR) is 89.9 cm³/mol. The molecule has 1 atom stereocenters. The van der Waals surface area contributed by atoms with Crippen molar-refractivity contribution in [3.05, 3.63) is 34.3 Å². The summed E-state index contributed by atoms with van der Waals surface area (Å²) >= 11 is 3.29. The van der Waals surface area contributed by atoms with Gasteiger partial charge in [-0.1, -0.05) is 22.9 Å². The first-order valence-electron chi connectivity index (χ1n) is 7.41. The van der Waals surface area contributed by atoms with Crippen molar-refractivity contribution in [1.82, 2.24) is 10.6 Å². The van der Waals surface area contributed by atoms with E-state index < -0.39 is 5.97 Å². The van der Waals surface area contributed by atoms with Crippen molar-refractivity contribution in [2.45, 2.75) is 32.7 Å². The van der Waals surface area contributed by atoms with Gasteiger partial charge in [-0.25, -0.2) is 0 Å². The molecule has 0 bridgehead atoms. The lowest BCUT2D eigenvalue weighted by Gasteiger charge is -2.11. The lowest BCUT2D eigenvalue weighted by Crippen LogP contribution is -2.35. The van der Waals surface area contributed by atoms with Crippen molar-refractivity contribution in [2.75, 3.05) is 13.2 Å². The lowest BCUT2D eigenvalue weighted by atomic mass is 10.2. The van der Waals surface area contributed by atoms with Gasteiger partial charge in [-0.2, -0.15) is 0 Å². The molecule has 0 heterocycles. The van der Waals surface area contributed by atoms with Crippen LogP contribution < -0.4 is 10.6 Å². The van der Waals surface area contributed by atoms with Gasteiger partial charge in [-0.3, -0.25) is 14.4 Å². The molecule has 7 heteroatoms. The first kappa shape index (κ1) is 19.2. The smallest absolute Gasteiger partial charge is 0.308 e. The molecule has 0 fully saturated rings. The van der Waals surface area contributed by atoms with E-state index in [1.165, 1.54) is 0 Å². The highest BCUT2D eigenvalue weighted by Gasteiger charge is 2.10. The van der Waals surface area contributed by atoms with E-state index in [2.05, 4.69) is 26.6 Å². The van der Waals surface area contributed by atoms with E-state index in [0.717, 1.165) is 10.9 Å². The van der Waals surface area contributed by atoms with Gasteiger partial charge in [0.05, 0.1) is 6.42 Å². The molecule has 0 aliphatic rings. The summed E-state index contributed by atoms with van der Waals surface area (Å²) in [5, 5.41) is 5.32. The maximum atomic E-state index is 11.8. The van der Waals surface area contributed by atoms with Crippen LogP contribution in [0.25, 0.3) is 0 Å². The zero-order chi connectivity index (χ0) is 17.2. The summed E-state index contributed by atoms with van der Waals surface area (Å²) < 4.78 is 5.73. The number of hydrogen-bond acceptors (Lipinski definition) is 4. The molecule has 0 saturated carbocycles. The number of esters is 1. The van der Waals surface area contributed by atoms with E-state index in [-0.39, 0.29) is 37.4 Å². The Bertz CT molecular complexity index is 546. The summed E-state index contributed by atoms with van der Waals surface area (Å²) in [6.45, 7) is 3.67. The van der Waals surface area contributed by atoms with Crippen LogP contribution in [0.4, 0.5) is 0 Å². The maximum Gasteiger partial charge on any atom is 0.308 e. The number of rotatable bonds is 8. The van der Waals surface area contributed by atoms with Gasteiger partial charge in [0.15, 0.2) is 6.61 Å². The molecule has 0 aromatic heterocycles. The molecule has 0 aliphatic heterocycles. The quantitative estimate of drug-likeness (QED) is 0.671. The Morgan fingerprint density at radius 3 is 2.48 bits per heavy atom. The molecule has 0 aliphatic carbocycles. The summed E-state index contributed by atoms with van der Waals surface area (Å²) in [6.07, 6.45) is 0.820. The summed E-state index contributed by atoms with van der Waals surface area (Å²) in [5.74, 6) is -1.12. The monoisotopic (exact) mass is 384 g/mol. The van der Waals surface area contributed by atoms with Crippen LogP contribution in [0.1, 0.15) is 37.0 Å². The maximum absolute atomic E-state index is 11.8. The Kier molecular flexibility index (Phi) is 8.32. The van der Waals surface area contributed by atoms with Crippen LogP contribution in [0.2, 0.25) is 0 Å². The third kappa shape index (κ3) is 7.78. The number of carbonyl (C=O) groups is 3. The first-order chi connectivity index (χ1) is 10.9. The molecule has 1 aromatic rings. The largest absolute Gasteiger partial charge is 0.456 e. The van der Waals surface area contributed by atoms with E-state index in [4.69, 9.17) is 4.74 Å². The SMILES string of the molecule is CC[C@@H](C)NC(=O)COC(=O)CCNC(=O)c1ccc(Br)cc1. The normalized spacial score (nSPS) is 11.4. The predicted octanol–water partition coefficient (Wildman–Crippen LogP) is 2.03. The van der Waals surface area contributed by atoms with Crippen molar-refractivity contribution in [3.63, 3.8) is 0 Å². The fourth-order valence-electron chi connectivity index (χ4n) is 1.62. The molecular weight excluding hydrogens is 364 g/mol. The van der Waals surface area contributed by atoms with Crippen LogP contribution in [0.5, 0.6) is 0 Å². The molecule has 0 saturated heterocycles. The molecule has 0 unspecified atom stereocenters. The Hall–Kier alpha value is -1.89. The van der Waals surface area contributed by atoms with Crippen LogP contribution in [-0.4, -0.2) is 37.0 Å². The van der Waals surface area contributed by atoms with Gasteiger partial charge in [0.2, 0.25) is 0 Å². The zero-order valence-corrected chi connectivity index (χ0v) is 14.8. The summed E-state index contributed by atoms with van der Waals surface area (Å²) in [6, 6.07) is 6.93. The zero-order valence-electron chi connectivity index (χ0n) is 13.2. The molecule has 126 valence electrons. The summed E-state index contributed by atoms with van der Waals surface area (Å²) in [5.41, 5.74) is 0.509. The molecule has 6 nitrogen and oxygen atoms in total. The fourth-order valence-corrected chi connectivity index (χ4v) is 1.88. The minimum absolute atomic E-state index is 0.0128. The number of benzene rings is 1. The van der Waals surface area contributed by atoms with Crippen LogP contribution in [0.3, 0.4) is 0 Å². The van der Waals surface area contributed by atoms with Crippen molar-refractivity contribution in [3.8, 4) is 0 Å². The van der Waals surface area contributed by atoms with E-state index in [9.17, 15) is 14.4 Å². The molecule has 23 heavy (non-hydrogen) atoms. The Labute approximate surface area is 144 Å². The molecule has 1 rings (SSSR count). The van der Waals surface area contributed by atoms with Crippen LogP contribution in [0, 0.1) is 0 Å². The van der Waals surface area contributed by atoms with Crippen molar-refractivity contribution in [1.29, 1.82) is 0 Å². The van der Waals surface area contributed by atoms with Crippen LogP contribution in [0.15, 0.2) is 28.7 Å². The van der Waals surface area contributed by atoms with Crippen LogP contribution >= 0.6 is 15.9 Å². The third-order valence-electron chi connectivity index (χ3n) is 3.11. The standard InChI is InChI=1S/C16H21BrN2O4/c1-3-11(2)19-14(20)10-23-15(21)8-9-18-16(22)12-4-6-13(17)7-5-12/h4-7,11H,3,8-10H2,1-2H3,(H,18,22)(H,19,20)/t11-/m1/s1. The molecular formula is C16H21BrN2O4. The van der Waals surface area contributed by atoms with E-state index >= 15 is 0 Å². The number of ether oxygens (including phenoxy) is 1. The molecule has 1 aromatic carbocycles. The minimum atomic E-state index is -0.527. The van der Waals surface area contributed by atoms with Crippen LogP contribution in [-0.2, 0) is 14.3 Å². The third-order valence-corrected chi connectivity index (χ3v) is 3.63. The number of amides is 2. The van der Waals surface area contributed by atoms with Crippen molar-refractivity contribution < 1.29 is 19.1 Å². The first-order valence-corrected chi connectivity index (χ1v) is 8.20.